The fourth-order valence-corrected chi connectivity index (χ4v) is 4.18. The maximum atomic E-state index is 12.7. The van der Waals surface area contributed by atoms with E-state index in [0.29, 0.717) is 12.8 Å². The van der Waals surface area contributed by atoms with Crippen LogP contribution in [0.5, 0.6) is 5.75 Å². The van der Waals surface area contributed by atoms with Crippen molar-refractivity contribution in [3.63, 3.8) is 0 Å². The van der Waals surface area contributed by atoms with E-state index in [1.165, 1.54) is 0 Å². The summed E-state index contributed by atoms with van der Waals surface area (Å²) in [7, 11) is 0. The van der Waals surface area contributed by atoms with Gasteiger partial charge in [0.25, 0.3) is 0 Å². The van der Waals surface area contributed by atoms with Gasteiger partial charge in [-0.15, -0.1) is 0 Å². The first-order valence-electron chi connectivity index (χ1n) is 8.70. The average molecular weight is 410 g/mol. The molecule has 0 amide bonds. The van der Waals surface area contributed by atoms with Crippen molar-refractivity contribution in [1.82, 2.24) is 5.48 Å². The Morgan fingerprint density at radius 3 is 2.26 bits per heavy atom. The molecule has 0 heterocycles. The van der Waals surface area contributed by atoms with E-state index < -0.39 is 18.5 Å². The summed E-state index contributed by atoms with van der Waals surface area (Å²) in [4.78, 5) is 18.3. The van der Waals surface area contributed by atoms with Crippen molar-refractivity contribution >= 4 is 24.2 Å². The van der Waals surface area contributed by atoms with Crippen molar-refractivity contribution in [1.29, 1.82) is 0 Å². The van der Waals surface area contributed by atoms with Gasteiger partial charge in [-0.2, -0.15) is 5.48 Å². The Bertz CT molecular complexity index is 796. The topological polar surface area (TPSA) is 73.9 Å². The lowest BCUT2D eigenvalue weighted by molar-refractivity contribution is -0.150. The van der Waals surface area contributed by atoms with Crippen LogP contribution in [0.3, 0.4) is 0 Å². The van der Waals surface area contributed by atoms with E-state index in [4.69, 9.17) is 25.1 Å². The third-order valence-corrected chi connectivity index (χ3v) is 5.57. The van der Waals surface area contributed by atoms with Crippen molar-refractivity contribution in [2.24, 2.45) is 0 Å². The van der Waals surface area contributed by atoms with Crippen LogP contribution in [0.15, 0.2) is 60.7 Å². The molecule has 0 aliphatic heterocycles. The van der Waals surface area contributed by atoms with Crippen LogP contribution in [0.25, 0.3) is 0 Å². The summed E-state index contributed by atoms with van der Waals surface area (Å²) < 4.78 is 22.6. The molecule has 1 aliphatic rings. The third kappa shape index (κ3) is 5.56. The highest BCUT2D eigenvalue weighted by atomic mass is 35.7. The van der Waals surface area contributed by atoms with E-state index in [-0.39, 0.29) is 12.4 Å². The highest BCUT2D eigenvalue weighted by Crippen LogP contribution is 2.54. The van der Waals surface area contributed by atoms with E-state index in [9.17, 15) is 9.36 Å². The first kappa shape index (κ1) is 19.9. The minimum Gasteiger partial charge on any atom is -0.405 e. The molecule has 0 aromatic heterocycles. The van der Waals surface area contributed by atoms with Gasteiger partial charge in [0, 0.05) is 11.2 Å². The van der Waals surface area contributed by atoms with E-state index in [1.807, 2.05) is 30.3 Å². The van der Waals surface area contributed by atoms with Crippen LogP contribution in [0.4, 0.5) is 0 Å². The molecule has 6 nitrogen and oxygen atoms in total. The van der Waals surface area contributed by atoms with E-state index in [2.05, 4.69) is 5.48 Å². The zero-order chi connectivity index (χ0) is 19.2. The lowest BCUT2D eigenvalue weighted by Crippen LogP contribution is -2.50. The molecule has 1 saturated carbocycles. The molecule has 1 N–H and O–H groups in total. The van der Waals surface area contributed by atoms with Crippen LogP contribution in [0.2, 0.25) is 0 Å². The van der Waals surface area contributed by atoms with E-state index in [0.717, 1.165) is 18.4 Å². The monoisotopic (exact) mass is 409 g/mol. The van der Waals surface area contributed by atoms with Gasteiger partial charge in [-0.25, -0.2) is 9.36 Å². The van der Waals surface area contributed by atoms with Crippen LogP contribution in [0, 0.1) is 0 Å². The second-order valence-corrected chi connectivity index (χ2v) is 8.85. The molecule has 0 spiro atoms. The fraction of sp³-hybridized carbons (Fsp3) is 0.316. The highest BCUT2D eigenvalue weighted by Gasteiger charge is 2.46. The number of hydrogen-bond donors (Lipinski definition) is 1. The summed E-state index contributed by atoms with van der Waals surface area (Å²) in [6, 6.07) is 17.9. The second-order valence-electron chi connectivity index (χ2n) is 6.38. The van der Waals surface area contributed by atoms with Crippen molar-refractivity contribution in [2.75, 3.05) is 0 Å². The third-order valence-electron chi connectivity index (χ3n) is 4.35. The summed E-state index contributed by atoms with van der Waals surface area (Å²) in [5, 5.41) is 0. The van der Waals surface area contributed by atoms with Gasteiger partial charge in [0.15, 0.2) is 0 Å². The molecule has 144 valence electrons. The number of carbonyl (C=O) groups is 1. The van der Waals surface area contributed by atoms with Crippen molar-refractivity contribution in [2.45, 2.75) is 37.8 Å². The van der Waals surface area contributed by atoms with Gasteiger partial charge < -0.3 is 9.05 Å². The van der Waals surface area contributed by atoms with Crippen LogP contribution in [-0.2, 0) is 25.3 Å². The van der Waals surface area contributed by atoms with Crippen LogP contribution >= 0.6 is 18.2 Å². The standard InChI is InChI=1S/C19H21ClNO5P/c20-27(23,25-17-11-5-2-6-12-17)26-18(22)19(13-7-8-14-19)21-24-15-16-9-3-1-4-10-16/h1-6,9-12,21H,7-8,13-15H2. The maximum Gasteiger partial charge on any atom is 0.532 e. The normalized spacial score (nSPS) is 17.8. The molecule has 1 fully saturated rings. The van der Waals surface area contributed by atoms with E-state index in [1.54, 1.807) is 30.3 Å². The number of nitrogens with one attached hydrogen (secondary N) is 1. The van der Waals surface area contributed by atoms with Crippen molar-refractivity contribution in [3.8, 4) is 5.75 Å². The SMILES string of the molecule is O=C(OP(=O)(Cl)Oc1ccccc1)C1(NOCc2ccccc2)CCCC1. The summed E-state index contributed by atoms with van der Waals surface area (Å²) in [5.74, 6) is -0.472. The Kier molecular flexibility index (Phi) is 6.55. The zero-order valence-corrected chi connectivity index (χ0v) is 16.3. The lowest BCUT2D eigenvalue weighted by Gasteiger charge is -2.28. The summed E-state index contributed by atoms with van der Waals surface area (Å²) >= 11 is 5.86. The van der Waals surface area contributed by atoms with Crippen LogP contribution in [0.1, 0.15) is 31.2 Å². The number of rotatable bonds is 8. The zero-order valence-electron chi connectivity index (χ0n) is 14.7. The summed E-state index contributed by atoms with van der Waals surface area (Å²) in [5.41, 5.74) is 2.70. The Morgan fingerprint density at radius 1 is 1.04 bits per heavy atom. The second kappa shape index (κ2) is 8.89. The molecule has 2 aromatic rings. The molecule has 2 aromatic carbocycles. The van der Waals surface area contributed by atoms with E-state index >= 15 is 0 Å². The molecule has 0 bridgehead atoms. The van der Waals surface area contributed by atoms with Gasteiger partial charge in [-0.3, -0.25) is 4.84 Å². The smallest absolute Gasteiger partial charge is 0.405 e. The molecule has 27 heavy (non-hydrogen) atoms. The Balaban J connectivity index is 1.61. The molecule has 1 atom stereocenters. The number of halogens is 1. The van der Waals surface area contributed by atoms with Crippen LogP contribution < -0.4 is 10.0 Å². The molecule has 0 radical (unpaired) electrons. The number of hydrogen-bond acceptors (Lipinski definition) is 6. The quantitative estimate of drug-likeness (QED) is 0.489. The number of para-hydroxylation sites is 1. The number of carbonyl (C=O) groups excluding carboxylic acids is 1. The Labute approximate surface area is 163 Å². The summed E-state index contributed by atoms with van der Waals surface area (Å²) in [6.07, 6.45) is 2.65. The van der Waals surface area contributed by atoms with Gasteiger partial charge >= 0.3 is 12.9 Å². The number of benzene rings is 2. The molecule has 0 saturated heterocycles. The predicted octanol–water partition coefficient (Wildman–Crippen LogP) is 4.99. The van der Waals surface area contributed by atoms with Gasteiger partial charge in [-0.1, -0.05) is 61.4 Å². The minimum atomic E-state index is -4.13. The first-order chi connectivity index (χ1) is 13.0. The number of hydroxylamine groups is 1. The molecule has 1 aliphatic carbocycles. The molecule has 3 rings (SSSR count). The Hall–Kier alpha value is -1.85. The van der Waals surface area contributed by atoms with Gasteiger partial charge in [0.05, 0.1) is 6.61 Å². The largest absolute Gasteiger partial charge is 0.532 e. The minimum absolute atomic E-state index is 0.261. The molecular formula is C19H21ClNO5P. The maximum absolute atomic E-state index is 12.7. The summed E-state index contributed by atoms with van der Waals surface area (Å²) in [6.45, 7) is -3.84. The first-order valence-corrected chi connectivity index (χ1v) is 11.2. The molecule has 1 unspecified atom stereocenters. The van der Waals surface area contributed by atoms with Crippen molar-refractivity contribution < 1.29 is 23.2 Å². The predicted molar refractivity (Wildman–Crippen MR) is 102 cm³/mol. The van der Waals surface area contributed by atoms with Crippen LogP contribution in [-0.4, -0.2) is 11.5 Å². The van der Waals surface area contributed by atoms with Gasteiger partial charge in [-0.05, 0) is 30.5 Å². The van der Waals surface area contributed by atoms with Gasteiger partial charge in [0.1, 0.15) is 11.3 Å². The highest BCUT2D eigenvalue weighted by molar-refractivity contribution is 7.82. The fourth-order valence-electron chi connectivity index (χ4n) is 2.97. The van der Waals surface area contributed by atoms with Crippen molar-refractivity contribution in [3.05, 3.63) is 66.2 Å². The molecular weight excluding hydrogens is 389 g/mol. The van der Waals surface area contributed by atoms with Gasteiger partial charge in [0.2, 0.25) is 0 Å². The lowest BCUT2D eigenvalue weighted by atomic mass is 10.00. The molecule has 8 heteroatoms. The average Bonchev–Trinajstić information content (AvgIpc) is 3.13. The Morgan fingerprint density at radius 2 is 1.63 bits per heavy atom.